The Kier molecular flexibility index (Phi) is 4.51. The quantitative estimate of drug-likeness (QED) is 0.894. The normalized spacial score (nSPS) is 22.3. The summed E-state index contributed by atoms with van der Waals surface area (Å²) in [5, 5.41) is 20.9. The number of fused-ring (bicyclic) bond motifs is 1. The van der Waals surface area contributed by atoms with Crippen molar-refractivity contribution in [2.75, 3.05) is 21.3 Å². The van der Waals surface area contributed by atoms with Gasteiger partial charge in [0.25, 0.3) is 0 Å². The van der Waals surface area contributed by atoms with Gasteiger partial charge in [0.15, 0.2) is 17.6 Å². The van der Waals surface area contributed by atoms with Crippen molar-refractivity contribution in [3.05, 3.63) is 47.5 Å². The van der Waals surface area contributed by atoms with Crippen LogP contribution in [0.2, 0.25) is 0 Å². The molecule has 0 unspecified atom stereocenters. The molecule has 1 heterocycles. The SMILES string of the molecule is COc1ccc2c(c1)O[C@@H](c1ccc(OC)c(OC)c1)[C@@H](O)[C@H]2O. The second-order valence-corrected chi connectivity index (χ2v) is 5.49. The van der Waals surface area contributed by atoms with Crippen molar-refractivity contribution in [2.24, 2.45) is 0 Å². The largest absolute Gasteiger partial charge is 0.497 e. The van der Waals surface area contributed by atoms with Crippen LogP contribution in [0.1, 0.15) is 23.3 Å². The molecule has 6 nitrogen and oxygen atoms in total. The van der Waals surface area contributed by atoms with Gasteiger partial charge < -0.3 is 29.2 Å². The molecule has 3 atom stereocenters. The fourth-order valence-corrected chi connectivity index (χ4v) is 2.84. The van der Waals surface area contributed by atoms with E-state index in [0.29, 0.717) is 34.1 Å². The van der Waals surface area contributed by atoms with Crippen LogP contribution in [-0.4, -0.2) is 37.6 Å². The fourth-order valence-electron chi connectivity index (χ4n) is 2.84. The molecule has 0 aliphatic carbocycles. The van der Waals surface area contributed by atoms with E-state index in [4.69, 9.17) is 18.9 Å². The summed E-state index contributed by atoms with van der Waals surface area (Å²) < 4.78 is 21.6. The zero-order chi connectivity index (χ0) is 17.3. The molecule has 128 valence electrons. The molecule has 24 heavy (non-hydrogen) atoms. The summed E-state index contributed by atoms with van der Waals surface area (Å²) in [7, 11) is 4.65. The molecule has 3 rings (SSSR count). The van der Waals surface area contributed by atoms with Gasteiger partial charge in [-0.15, -0.1) is 0 Å². The van der Waals surface area contributed by atoms with E-state index < -0.39 is 18.3 Å². The number of hydrogen-bond acceptors (Lipinski definition) is 6. The number of hydrogen-bond donors (Lipinski definition) is 2. The lowest BCUT2D eigenvalue weighted by Gasteiger charge is -2.34. The first kappa shape index (κ1) is 16.4. The average Bonchev–Trinajstić information content (AvgIpc) is 2.63. The zero-order valence-electron chi connectivity index (χ0n) is 13.7. The van der Waals surface area contributed by atoms with Gasteiger partial charge in [0.1, 0.15) is 23.7 Å². The van der Waals surface area contributed by atoms with Gasteiger partial charge in [-0.2, -0.15) is 0 Å². The third kappa shape index (κ3) is 2.74. The van der Waals surface area contributed by atoms with E-state index in [2.05, 4.69) is 0 Å². The Labute approximate surface area is 140 Å². The molecule has 0 saturated heterocycles. The minimum absolute atomic E-state index is 0.479. The molecule has 2 aromatic carbocycles. The number of aliphatic hydroxyl groups is 2. The van der Waals surface area contributed by atoms with E-state index in [1.807, 2.05) is 0 Å². The van der Waals surface area contributed by atoms with E-state index in [1.165, 1.54) is 7.11 Å². The summed E-state index contributed by atoms with van der Waals surface area (Å²) in [4.78, 5) is 0. The van der Waals surface area contributed by atoms with Crippen LogP contribution in [0.5, 0.6) is 23.0 Å². The first-order chi connectivity index (χ1) is 11.6. The van der Waals surface area contributed by atoms with E-state index >= 15 is 0 Å². The van der Waals surface area contributed by atoms with E-state index in [-0.39, 0.29) is 0 Å². The lowest BCUT2D eigenvalue weighted by atomic mass is 9.92. The highest BCUT2D eigenvalue weighted by Gasteiger charge is 2.37. The summed E-state index contributed by atoms with van der Waals surface area (Å²) in [5.41, 5.74) is 1.20. The third-order valence-corrected chi connectivity index (χ3v) is 4.16. The number of methoxy groups -OCH3 is 3. The van der Waals surface area contributed by atoms with Crippen LogP contribution in [0, 0.1) is 0 Å². The van der Waals surface area contributed by atoms with Gasteiger partial charge in [-0.1, -0.05) is 6.07 Å². The molecule has 1 aliphatic rings. The van der Waals surface area contributed by atoms with Crippen molar-refractivity contribution in [1.82, 2.24) is 0 Å². The molecule has 1 aliphatic heterocycles. The van der Waals surface area contributed by atoms with Crippen LogP contribution in [0.4, 0.5) is 0 Å². The van der Waals surface area contributed by atoms with E-state index in [1.54, 1.807) is 50.6 Å². The number of benzene rings is 2. The molecule has 2 aromatic rings. The Balaban J connectivity index is 1.99. The van der Waals surface area contributed by atoms with Crippen molar-refractivity contribution in [3.8, 4) is 23.0 Å². The van der Waals surface area contributed by atoms with Crippen LogP contribution in [0.25, 0.3) is 0 Å². The van der Waals surface area contributed by atoms with Gasteiger partial charge >= 0.3 is 0 Å². The topological polar surface area (TPSA) is 77.4 Å². The second kappa shape index (κ2) is 6.59. The summed E-state index contributed by atoms with van der Waals surface area (Å²) in [6.07, 6.45) is -2.90. The first-order valence-electron chi connectivity index (χ1n) is 7.51. The van der Waals surface area contributed by atoms with Crippen molar-refractivity contribution in [2.45, 2.75) is 18.3 Å². The Morgan fingerprint density at radius 2 is 1.62 bits per heavy atom. The van der Waals surface area contributed by atoms with Gasteiger partial charge in [0.05, 0.1) is 21.3 Å². The van der Waals surface area contributed by atoms with Crippen LogP contribution in [0.15, 0.2) is 36.4 Å². The molecular weight excluding hydrogens is 312 g/mol. The van der Waals surface area contributed by atoms with Crippen LogP contribution in [-0.2, 0) is 0 Å². The molecule has 0 aromatic heterocycles. The summed E-state index contributed by atoms with van der Waals surface area (Å²) in [5.74, 6) is 2.20. The van der Waals surface area contributed by atoms with Crippen molar-refractivity contribution in [3.63, 3.8) is 0 Å². The second-order valence-electron chi connectivity index (χ2n) is 5.49. The lowest BCUT2D eigenvalue weighted by Crippen LogP contribution is -2.34. The van der Waals surface area contributed by atoms with Crippen LogP contribution >= 0.6 is 0 Å². The molecule has 0 fully saturated rings. The van der Waals surface area contributed by atoms with Crippen LogP contribution in [0.3, 0.4) is 0 Å². The van der Waals surface area contributed by atoms with Crippen molar-refractivity contribution < 1.29 is 29.2 Å². The molecule has 2 N–H and O–H groups in total. The number of ether oxygens (including phenoxy) is 4. The summed E-state index contributed by atoms with van der Waals surface area (Å²) in [6.45, 7) is 0. The Bertz CT molecular complexity index is 729. The molecule has 0 radical (unpaired) electrons. The monoisotopic (exact) mass is 332 g/mol. The zero-order valence-corrected chi connectivity index (χ0v) is 13.7. The molecule has 6 heteroatoms. The van der Waals surface area contributed by atoms with Gasteiger partial charge in [0.2, 0.25) is 0 Å². The number of aliphatic hydroxyl groups excluding tert-OH is 2. The van der Waals surface area contributed by atoms with Crippen LogP contribution < -0.4 is 18.9 Å². The average molecular weight is 332 g/mol. The Hall–Kier alpha value is -2.44. The minimum atomic E-state index is -1.11. The van der Waals surface area contributed by atoms with Gasteiger partial charge in [0, 0.05) is 11.6 Å². The maximum Gasteiger partial charge on any atom is 0.161 e. The third-order valence-electron chi connectivity index (χ3n) is 4.16. The molecule has 0 amide bonds. The highest BCUT2D eigenvalue weighted by molar-refractivity contribution is 5.47. The van der Waals surface area contributed by atoms with Gasteiger partial charge in [-0.3, -0.25) is 0 Å². The molecule has 0 saturated carbocycles. The highest BCUT2D eigenvalue weighted by Crippen LogP contribution is 2.43. The summed E-state index contributed by atoms with van der Waals surface area (Å²) in [6, 6.07) is 10.3. The van der Waals surface area contributed by atoms with Crippen molar-refractivity contribution >= 4 is 0 Å². The Morgan fingerprint density at radius 1 is 0.875 bits per heavy atom. The smallest absolute Gasteiger partial charge is 0.161 e. The standard InChI is InChI=1S/C18H20O6/c1-21-11-5-6-12-14(9-11)24-18(17(20)16(12)19)10-4-7-13(22-2)15(8-10)23-3/h4-9,16-20H,1-3H3/t16-,17-,18-/m0/s1. The Morgan fingerprint density at radius 3 is 2.29 bits per heavy atom. The molecule has 0 bridgehead atoms. The van der Waals surface area contributed by atoms with E-state index in [0.717, 1.165) is 0 Å². The van der Waals surface area contributed by atoms with Gasteiger partial charge in [-0.25, -0.2) is 0 Å². The molecular formula is C18H20O6. The predicted octanol–water partition coefficient (Wildman–Crippen LogP) is 2.24. The maximum atomic E-state index is 10.5. The maximum absolute atomic E-state index is 10.5. The van der Waals surface area contributed by atoms with Gasteiger partial charge in [-0.05, 0) is 29.8 Å². The van der Waals surface area contributed by atoms with Crippen molar-refractivity contribution in [1.29, 1.82) is 0 Å². The summed E-state index contributed by atoms with van der Waals surface area (Å²) >= 11 is 0. The minimum Gasteiger partial charge on any atom is -0.497 e. The predicted molar refractivity (Wildman–Crippen MR) is 86.9 cm³/mol. The highest BCUT2D eigenvalue weighted by atomic mass is 16.5. The number of rotatable bonds is 4. The fraction of sp³-hybridized carbons (Fsp3) is 0.333. The molecule has 0 spiro atoms. The lowest BCUT2D eigenvalue weighted by molar-refractivity contribution is -0.0701. The first-order valence-corrected chi connectivity index (χ1v) is 7.51. The van der Waals surface area contributed by atoms with E-state index in [9.17, 15) is 10.2 Å².